The third kappa shape index (κ3) is 2.49. The Balaban J connectivity index is 2.08. The van der Waals surface area contributed by atoms with Crippen molar-refractivity contribution in [3.05, 3.63) is 26.9 Å². The smallest absolute Gasteiger partial charge is 0.179 e. The summed E-state index contributed by atoms with van der Waals surface area (Å²) < 4.78 is 12.0. The lowest BCUT2D eigenvalue weighted by Gasteiger charge is -2.20. The van der Waals surface area contributed by atoms with E-state index in [2.05, 4.69) is 37.9 Å². The molecule has 3 rings (SSSR count). The summed E-state index contributed by atoms with van der Waals surface area (Å²) in [6.07, 6.45) is 1.76. The number of benzene rings is 1. The van der Waals surface area contributed by atoms with E-state index in [1.165, 1.54) is 0 Å². The Labute approximate surface area is 134 Å². The van der Waals surface area contributed by atoms with Crippen LogP contribution in [0, 0.1) is 3.57 Å². The van der Waals surface area contributed by atoms with Crippen LogP contribution in [0.5, 0.6) is 11.5 Å². The molecule has 2 heterocycles. The first-order valence-corrected chi connectivity index (χ1v) is 7.44. The van der Waals surface area contributed by atoms with E-state index in [4.69, 9.17) is 21.1 Å². The molecule has 7 heteroatoms. The van der Waals surface area contributed by atoms with Crippen LogP contribution in [0.3, 0.4) is 0 Å². The van der Waals surface area contributed by atoms with Crippen molar-refractivity contribution in [2.24, 2.45) is 0 Å². The molecule has 0 radical (unpaired) electrons. The third-order valence-electron chi connectivity index (χ3n) is 2.84. The third-order valence-corrected chi connectivity index (χ3v) is 3.91. The summed E-state index contributed by atoms with van der Waals surface area (Å²) in [6, 6.07) is 3.64. The molecule has 20 heavy (non-hydrogen) atoms. The van der Waals surface area contributed by atoms with E-state index in [9.17, 15) is 0 Å². The Morgan fingerprint density at radius 1 is 1.30 bits per heavy atom. The Hall–Kier alpha value is -1.28. The van der Waals surface area contributed by atoms with Crippen LogP contribution in [0.1, 0.15) is 0 Å². The summed E-state index contributed by atoms with van der Waals surface area (Å²) in [5.74, 6) is 2.59. The molecular weight excluding hydrogens is 393 g/mol. The minimum atomic E-state index is 0.505. The van der Waals surface area contributed by atoms with Crippen LogP contribution >= 0.6 is 34.2 Å². The average molecular weight is 404 g/mol. The Morgan fingerprint density at radius 3 is 2.90 bits per heavy atom. The first kappa shape index (κ1) is 13.7. The molecule has 0 saturated carbocycles. The van der Waals surface area contributed by atoms with E-state index in [1.54, 1.807) is 12.3 Å². The van der Waals surface area contributed by atoms with Gasteiger partial charge in [-0.2, -0.15) is 0 Å². The number of ether oxygens (including phenoxy) is 2. The summed E-state index contributed by atoms with van der Waals surface area (Å²) >= 11 is 8.40. The second-order valence-electron chi connectivity index (χ2n) is 4.12. The number of nitrogens with zero attached hydrogens (tertiary/aromatic N) is 2. The van der Waals surface area contributed by atoms with Crippen molar-refractivity contribution in [2.45, 2.75) is 0 Å². The van der Waals surface area contributed by atoms with Crippen molar-refractivity contribution in [3.8, 4) is 22.9 Å². The maximum absolute atomic E-state index is 6.22. The fourth-order valence-corrected chi connectivity index (χ4v) is 2.72. The molecule has 1 aliphatic rings. The van der Waals surface area contributed by atoms with Crippen LogP contribution < -0.4 is 14.8 Å². The molecule has 5 nitrogen and oxygen atoms in total. The number of hydrogen-bond acceptors (Lipinski definition) is 5. The molecule has 1 aromatic heterocycles. The average Bonchev–Trinajstić information content (AvgIpc) is 2.47. The van der Waals surface area contributed by atoms with Crippen LogP contribution in [-0.2, 0) is 0 Å². The van der Waals surface area contributed by atoms with Gasteiger partial charge < -0.3 is 14.8 Å². The number of nitrogens with one attached hydrogen (secondary N) is 1. The molecule has 0 fully saturated rings. The van der Waals surface area contributed by atoms with Gasteiger partial charge in [0.25, 0.3) is 0 Å². The van der Waals surface area contributed by atoms with Crippen molar-refractivity contribution in [1.82, 2.24) is 9.97 Å². The van der Waals surface area contributed by atoms with Crippen molar-refractivity contribution < 1.29 is 9.47 Å². The molecule has 2 aromatic rings. The summed E-state index contributed by atoms with van der Waals surface area (Å²) in [6.45, 7) is 1.03. The molecular formula is C13H11ClIN3O2. The molecule has 0 spiro atoms. The lowest BCUT2D eigenvalue weighted by Crippen LogP contribution is -2.15. The predicted octanol–water partition coefficient (Wildman–Crippen LogP) is 3.21. The van der Waals surface area contributed by atoms with Gasteiger partial charge in [0.2, 0.25) is 0 Å². The minimum Gasteiger partial charge on any atom is -0.486 e. The molecule has 0 amide bonds. The Bertz CT molecular complexity index is 666. The van der Waals surface area contributed by atoms with Crippen LogP contribution in [0.4, 0.5) is 5.82 Å². The van der Waals surface area contributed by atoms with Gasteiger partial charge in [0.05, 0.1) is 8.59 Å². The molecule has 1 N–H and O–H groups in total. The zero-order valence-corrected chi connectivity index (χ0v) is 13.5. The number of halogens is 2. The van der Waals surface area contributed by atoms with Gasteiger partial charge in [-0.3, -0.25) is 0 Å². The molecule has 0 saturated heterocycles. The Morgan fingerprint density at radius 2 is 2.10 bits per heavy atom. The van der Waals surface area contributed by atoms with Gasteiger partial charge in [-0.15, -0.1) is 0 Å². The molecule has 1 aromatic carbocycles. The SMILES string of the molecule is CNc1nc(-c2cc(Cl)c3c(c2)OCCO3)ncc1I. The van der Waals surface area contributed by atoms with Crippen LogP contribution in [-0.4, -0.2) is 30.2 Å². The van der Waals surface area contributed by atoms with E-state index in [1.807, 2.05) is 13.1 Å². The number of anilines is 1. The van der Waals surface area contributed by atoms with Crippen LogP contribution in [0.25, 0.3) is 11.4 Å². The van der Waals surface area contributed by atoms with Gasteiger partial charge in [0, 0.05) is 18.8 Å². The van der Waals surface area contributed by atoms with Crippen molar-refractivity contribution in [1.29, 1.82) is 0 Å². The quantitative estimate of drug-likeness (QED) is 0.781. The first-order valence-electron chi connectivity index (χ1n) is 5.99. The maximum atomic E-state index is 6.22. The van der Waals surface area contributed by atoms with Gasteiger partial charge in [-0.1, -0.05) is 11.6 Å². The predicted molar refractivity (Wildman–Crippen MR) is 85.7 cm³/mol. The molecule has 104 valence electrons. The van der Waals surface area contributed by atoms with Gasteiger partial charge in [-0.25, -0.2) is 9.97 Å². The number of hydrogen-bond donors (Lipinski definition) is 1. The highest BCUT2D eigenvalue weighted by Crippen LogP contribution is 2.40. The summed E-state index contributed by atoms with van der Waals surface area (Å²) in [5.41, 5.74) is 0.798. The van der Waals surface area contributed by atoms with Crippen molar-refractivity contribution in [2.75, 3.05) is 25.6 Å². The molecule has 0 atom stereocenters. The summed E-state index contributed by atoms with van der Waals surface area (Å²) in [5, 5.41) is 3.54. The Kier molecular flexibility index (Phi) is 3.84. The minimum absolute atomic E-state index is 0.505. The van der Waals surface area contributed by atoms with E-state index in [-0.39, 0.29) is 0 Å². The lowest BCUT2D eigenvalue weighted by molar-refractivity contribution is 0.172. The van der Waals surface area contributed by atoms with Crippen LogP contribution in [0.15, 0.2) is 18.3 Å². The highest BCUT2D eigenvalue weighted by atomic mass is 127. The zero-order valence-electron chi connectivity index (χ0n) is 10.6. The number of fused-ring (bicyclic) bond motifs is 1. The topological polar surface area (TPSA) is 56.3 Å². The molecule has 0 bridgehead atoms. The fourth-order valence-electron chi connectivity index (χ4n) is 1.92. The van der Waals surface area contributed by atoms with E-state index >= 15 is 0 Å². The second-order valence-corrected chi connectivity index (χ2v) is 5.69. The largest absolute Gasteiger partial charge is 0.486 e. The normalized spacial score (nSPS) is 13.2. The van der Waals surface area contributed by atoms with Crippen molar-refractivity contribution in [3.63, 3.8) is 0 Å². The highest BCUT2D eigenvalue weighted by Gasteiger charge is 2.18. The molecule has 1 aliphatic heterocycles. The first-order chi connectivity index (χ1) is 9.69. The number of aromatic nitrogens is 2. The van der Waals surface area contributed by atoms with Crippen molar-refractivity contribution >= 4 is 40.0 Å². The highest BCUT2D eigenvalue weighted by molar-refractivity contribution is 14.1. The van der Waals surface area contributed by atoms with E-state index in [0.29, 0.717) is 35.6 Å². The maximum Gasteiger partial charge on any atom is 0.179 e. The summed E-state index contributed by atoms with van der Waals surface area (Å²) in [7, 11) is 1.82. The van der Waals surface area contributed by atoms with Gasteiger partial charge >= 0.3 is 0 Å². The van der Waals surface area contributed by atoms with E-state index in [0.717, 1.165) is 15.0 Å². The van der Waals surface area contributed by atoms with E-state index < -0.39 is 0 Å². The second kappa shape index (κ2) is 5.61. The summed E-state index contributed by atoms with van der Waals surface area (Å²) in [4.78, 5) is 8.80. The standard InChI is InChI=1S/C13H11ClIN3O2/c1-16-13-9(15)6-17-12(18-13)7-4-8(14)11-10(5-7)19-2-3-20-11/h4-6H,2-3H2,1H3,(H,16,17,18). The molecule has 0 aliphatic carbocycles. The van der Waals surface area contributed by atoms with Gasteiger partial charge in [-0.05, 0) is 34.7 Å². The molecule has 0 unspecified atom stereocenters. The van der Waals surface area contributed by atoms with Gasteiger partial charge in [0.1, 0.15) is 19.0 Å². The lowest BCUT2D eigenvalue weighted by atomic mass is 10.1. The van der Waals surface area contributed by atoms with Crippen LogP contribution in [0.2, 0.25) is 5.02 Å². The monoisotopic (exact) mass is 403 g/mol. The zero-order chi connectivity index (χ0) is 14.1. The fraction of sp³-hybridized carbons (Fsp3) is 0.231. The van der Waals surface area contributed by atoms with Gasteiger partial charge in [0.15, 0.2) is 17.3 Å². The number of rotatable bonds is 2.